The van der Waals surface area contributed by atoms with Crippen molar-refractivity contribution in [2.24, 2.45) is 5.92 Å². The van der Waals surface area contributed by atoms with Crippen molar-refractivity contribution in [2.75, 3.05) is 19.6 Å². The van der Waals surface area contributed by atoms with E-state index in [0.29, 0.717) is 25.1 Å². The van der Waals surface area contributed by atoms with Gasteiger partial charge in [-0.05, 0) is 30.5 Å². The molecule has 0 unspecified atom stereocenters. The van der Waals surface area contributed by atoms with Crippen LogP contribution in [-0.4, -0.2) is 42.1 Å². The number of piperidine rings is 1. The van der Waals surface area contributed by atoms with E-state index in [1.54, 1.807) is 29.2 Å². The average molecular weight is 364 g/mol. The Morgan fingerprint density at radius 1 is 0.963 bits per heavy atom. The van der Waals surface area contributed by atoms with E-state index in [2.05, 4.69) is 5.32 Å². The van der Waals surface area contributed by atoms with Gasteiger partial charge in [-0.2, -0.15) is 0 Å². The van der Waals surface area contributed by atoms with Gasteiger partial charge in [-0.25, -0.2) is 0 Å². The molecule has 0 aromatic heterocycles. The molecule has 2 aromatic carbocycles. The first-order chi connectivity index (χ1) is 13.1. The number of nitrogens with zero attached hydrogens (tertiary/aromatic N) is 1. The molecule has 1 aliphatic heterocycles. The van der Waals surface area contributed by atoms with Crippen molar-refractivity contribution in [3.63, 3.8) is 0 Å². The molecule has 27 heavy (non-hydrogen) atoms. The fourth-order valence-electron chi connectivity index (χ4n) is 3.37. The summed E-state index contributed by atoms with van der Waals surface area (Å²) in [6.07, 6.45) is 2.02. The normalized spacial score (nSPS) is 16.6. The highest BCUT2D eigenvalue weighted by Gasteiger charge is 2.28. The molecule has 0 bridgehead atoms. The highest BCUT2D eigenvalue weighted by atomic mass is 16.2. The van der Waals surface area contributed by atoms with Crippen LogP contribution in [0.25, 0.3) is 0 Å². The number of carbonyl (C=O) groups is 3. The molecule has 1 heterocycles. The van der Waals surface area contributed by atoms with Crippen LogP contribution in [0.5, 0.6) is 0 Å². The molecule has 5 nitrogen and oxygen atoms in total. The molecule has 1 fully saturated rings. The topological polar surface area (TPSA) is 66.5 Å². The second-order valence-electron chi connectivity index (χ2n) is 6.86. The van der Waals surface area contributed by atoms with Crippen molar-refractivity contribution in [3.05, 3.63) is 71.8 Å². The summed E-state index contributed by atoms with van der Waals surface area (Å²) in [6.45, 7) is 1.02. The minimum Gasteiger partial charge on any atom is -0.343 e. The van der Waals surface area contributed by atoms with E-state index in [4.69, 9.17) is 0 Å². The number of carbonyl (C=O) groups excluding carboxylic acids is 3. The molecule has 1 saturated heterocycles. The molecule has 2 aromatic rings. The molecular weight excluding hydrogens is 340 g/mol. The van der Waals surface area contributed by atoms with Crippen molar-refractivity contribution in [1.29, 1.82) is 0 Å². The Balaban J connectivity index is 1.50. The monoisotopic (exact) mass is 364 g/mol. The van der Waals surface area contributed by atoms with E-state index >= 15 is 0 Å². The van der Waals surface area contributed by atoms with Crippen LogP contribution < -0.4 is 5.32 Å². The Labute approximate surface area is 159 Å². The minimum atomic E-state index is -0.266. The Kier molecular flexibility index (Phi) is 6.36. The number of likely N-dealkylation sites (tertiary alicyclic amines) is 1. The molecule has 1 atom stereocenters. The van der Waals surface area contributed by atoms with Gasteiger partial charge in [0.15, 0.2) is 0 Å². The zero-order valence-corrected chi connectivity index (χ0v) is 15.3. The number of benzene rings is 2. The van der Waals surface area contributed by atoms with Gasteiger partial charge in [0, 0.05) is 31.0 Å². The third-order valence-corrected chi connectivity index (χ3v) is 4.89. The minimum absolute atomic E-state index is 0.0483. The van der Waals surface area contributed by atoms with Crippen LogP contribution in [0.1, 0.15) is 28.8 Å². The van der Waals surface area contributed by atoms with Gasteiger partial charge in [-0.3, -0.25) is 14.4 Å². The fourth-order valence-corrected chi connectivity index (χ4v) is 3.37. The molecule has 0 spiro atoms. The van der Waals surface area contributed by atoms with Gasteiger partial charge < -0.3 is 10.2 Å². The first-order valence-electron chi connectivity index (χ1n) is 9.31. The van der Waals surface area contributed by atoms with Gasteiger partial charge in [-0.1, -0.05) is 48.5 Å². The van der Waals surface area contributed by atoms with E-state index in [0.717, 1.165) is 18.4 Å². The molecule has 0 radical (unpaired) electrons. The average Bonchev–Trinajstić information content (AvgIpc) is 2.73. The molecule has 0 aliphatic carbocycles. The van der Waals surface area contributed by atoms with Gasteiger partial charge >= 0.3 is 0 Å². The van der Waals surface area contributed by atoms with E-state index in [1.807, 2.05) is 36.4 Å². The lowest BCUT2D eigenvalue weighted by Crippen LogP contribution is -2.46. The number of amides is 2. The Bertz CT molecular complexity index is 790. The number of hydrogen-bond acceptors (Lipinski definition) is 3. The Morgan fingerprint density at radius 3 is 2.33 bits per heavy atom. The van der Waals surface area contributed by atoms with E-state index < -0.39 is 0 Å². The quantitative estimate of drug-likeness (QED) is 0.856. The number of rotatable bonds is 6. The van der Waals surface area contributed by atoms with Crippen molar-refractivity contribution < 1.29 is 14.4 Å². The van der Waals surface area contributed by atoms with Crippen LogP contribution in [-0.2, 0) is 16.0 Å². The largest absolute Gasteiger partial charge is 0.343 e. The SMILES string of the molecule is O=C(NCC(=O)N1CCC[C@H](C(=O)Cc2ccccc2)C1)c1ccccc1. The molecule has 3 rings (SSSR count). The Hall–Kier alpha value is -2.95. The maximum Gasteiger partial charge on any atom is 0.251 e. The van der Waals surface area contributed by atoms with Crippen LogP contribution in [0.3, 0.4) is 0 Å². The molecule has 2 amide bonds. The maximum absolute atomic E-state index is 12.6. The first kappa shape index (κ1) is 18.8. The van der Waals surface area contributed by atoms with Gasteiger partial charge in [0.1, 0.15) is 5.78 Å². The summed E-state index contributed by atoms with van der Waals surface area (Å²) in [5.41, 5.74) is 1.53. The first-order valence-corrected chi connectivity index (χ1v) is 9.31. The second-order valence-corrected chi connectivity index (χ2v) is 6.86. The van der Waals surface area contributed by atoms with Gasteiger partial charge in [0.25, 0.3) is 5.91 Å². The maximum atomic E-state index is 12.6. The molecule has 0 saturated carbocycles. The summed E-state index contributed by atoms with van der Waals surface area (Å²) in [7, 11) is 0. The van der Waals surface area contributed by atoms with Crippen molar-refractivity contribution >= 4 is 17.6 Å². The van der Waals surface area contributed by atoms with Crippen LogP contribution in [0, 0.1) is 5.92 Å². The zero-order valence-electron chi connectivity index (χ0n) is 15.3. The molecule has 5 heteroatoms. The highest BCUT2D eigenvalue weighted by Crippen LogP contribution is 2.19. The molecular formula is C22H24N2O3. The highest BCUT2D eigenvalue weighted by molar-refractivity contribution is 5.96. The van der Waals surface area contributed by atoms with Crippen molar-refractivity contribution in [2.45, 2.75) is 19.3 Å². The third kappa shape index (κ3) is 5.26. The molecule has 140 valence electrons. The van der Waals surface area contributed by atoms with Crippen LogP contribution in [0.15, 0.2) is 60.7 Å². The number of nitrogens with one attached hydrogen (secondary N) is 1. The van der Waals surface area contributed by atoms with Gasteiger partial charge in [-0.15, -0.1) is 0 Å². The zero-order chi connectivity index (χ0) is 19.1. The van der Waals surface area contributed by atoms with Gasteiger partial charge in [0.05, 0.1) is 6.54 Å². The Morgan fingerprint density at radius 2 is 1.63 bits per heavy atom. The standard InChI is InChI=1S/C22H24N2O3/c25-20(14-17-8-3-1-4-9-17)19-12-7-13-24(16-19)21(26)15-23-22(27)18-10-5-2-6-11-18/h1-6,8-11,19H,7,12-16H2,(H,23,27)/t19-/m0/s1. The fraction of sp³-hybridized carbons (Fsp3) is 0.318. The summed E-state index contributed by atoms with van der Waals surface area (Å²) in [6, 6.07) is 18.5. The number of hydrogen-bond donors (Lipinski definition) is 1. The summed E-state index contributed by atoms with van der Waals surface area (Å²) in [4.78, 5) is 38.8. The van der Waals surface area contributed by atoms with Crippen LogP contribution >= 0.6 is 0 Å². The third-order valence-electron chi connectivity index (χ3n) is 4.89. The second kappa shape index (κ2) is 9.12. The lowest BCUT2D eigenvalue weighted by molar-refractivity contribution is -0.134. The van der Waals surface area contributed by atoms with Crippen molar-refractivity contribution in [3.8, 4) is 0 Å². The number of Topliss-reactive ketones (excluding diaryl/α,β-unsaturated/α-hetero) is 1. The lowest BCUT2D eigenvalue weighted by atomic mass is 9.90. The van der Waals surface area contributed by atoms with Crippen molar-refractivity contribution in [1.82, 2.24) is 10.2 Å². The van der Waals surface area contributed by atoms with Crippen LogP contribution in [0.2, 0.25) is 0 Å². The van der Waals surface area contributed by atoms with E-state index in [1.165, 1.54) is 0 Å². The lowest BCUT2D eigenvalue weighted by Gasteiger charge is -2.32. The molecule has 1 aliphatic rings. The van der Waals surface area contributed by atoms with Gasteiger partial charge in [0.2, 0.25) is 5.91 Å². The summed E-state index contributed by atoms with van der Waals surface area (Å²) < 4.78 is 0. The summed E-state index contributed by atoms with van der Waals surface area (Å²) in [5, 5.41) is 2.66. The summed E-state index contributed by atoms with van der Waals surface area (Å²) >= 11 is 0. The predicted molar refractivity (Wildman–Crippen MR) is 103 cm³/mol. The van der Waals surface area contributed by atoms with Crippen LogP contribution in [0.4, 0.5) is 0 Å². The summed E-state index contributed by atoms with van der Waals surface area (Å²) in [5.74, 6) is -0.367. The predicted octanol–water partition coefficient (Wildman–Crippen LogP) is 2.47. The van der Waals surface area contributed by atoms with E-state index in [9.17, 15) is 14.4 Å². The van der Waals surface area contributed by atoms with E-state index in [-0.39, 0.29) is 30.1 Å². The smallest absolute Gasteiger partial charge is 0.251 e. The number of ketones is 1. The molecule has 1 N–H and O–H groups in total.